The second kappa shape index (κ2) is 6.47. The van der Waals surface area contributed by atoms with E-state index in [-0.39, 0.29) is 0 Å². The standard InChI is InChI=1S/C18H27NO3/c1-2-22-16-6-7-17(20)14(11-16)12-19-10-9-18(21)8-4-3-5-15(18)13-19/h6-7,11,15,20-21H,2-5,8-10,12-13H2,1H3. The average Bonchev–Trinajstić information content (AvgIpc) is 2.51. The molecule has 0 amide bonds. The van der Waals surface area contributed by atoms with Crippen LogP contribution in [0.4, 0.5) is 0 Å². The fraction of sp³-hybridized carbons (Fsp3) is 0.667. The number of fused-ring (bicyclic) bond motifs is 1. The van der Waals surface area contributed by atoms with Gasteiger partial charge in [0, 0.05) is 31.1 Å². The smallest absolute Gasteiger partial charge is 0.120 e. The zero-order valence-corrected chi connectivity index (χ0v) is 13.4. The van der Waals surface area contributed by atoms with Gasteiger partial charge in [0.25, 0.3) is 0 Å². The van der Waals surface area contributed by atoms with Gasteiger partial charge in [-0.2, -0.15) is 0 Å². The summed E-state index contributed by atoms with van der Waals surface area (Å²) in [4.78, 5) is 2.36. The first-order valence-corrected chi connectivity index (χ1v) is 8.50. The van der Waals surface area contributed by atoms with Crippen molar-refractivity contribution in [1.29, 1.82) is 0 Å². The summed E-state index contributed by atoms with van der Waals surface area (Å²) in [6.45, 7) is 5.13. The summed E-state index contributed by atoms with van der Waals surface area (Å²) in [5, 5.41) is 20.8. The van der Waals surface area contributed by atoms with Crippen molar-refractivity contribution in [3.05, 3.63) is 23.8 Å². The molecule has 4 nitrogen and oxygen atoms in total. The van der Waals surface area contributed by atoms with Crippen LogP contribution in [0.2, 0.25) is 0 Å². The maximum Gasteiger partial charge on any atom is 0.120 e. The van der Waals surface area contributed by atoms with E-state index in [4.69, 9.17) is 4.74 Å². The van der Waals surface area contributed by atoms with Crippen molar-refractivity contribution in [2.75, 3.05) is 19.7 Å². The highest BCUT2D eigenvalue weighted by Crippen LogP contribution is 2.40. The highest BCUT2D eigenvalue weighted by molar-refractivity contribution is 5.39. The Morgan fingerprint density at radius 1 is 1.32 bits per heavy atom. The molecule has 2 unspecified atom stereocenters. The van der Waals surface area contributed by atoms with E-state index in [0.717, 1.165) is 56.6 Å². The number of nitrogens with zero attached hydrogens (tertiary/aromatic N) is 1. The molecule has 1 saturated heterocycles. The summed E-state index contributed by atoms with van der Waals surface area (Å²) in [5.74, 6) is 1.52. The van der Waals surface area contributed by atoms with Crippen LogP contribution in [-0.4, -0.2) is 40.4 Å². The first-order valence-electron chi connectivity index (χ1n) is 8.50. The molecule has 1 aliphatic carbocycles. The van der Waals surface area contributed by atoms with E-state index in [1.54, 1.807) is 12.1 Å². The predicted molar refractivity (Wildman–Crippen MR) is 86.1 cm³/mol. The number of benzene rings is 1. The largest absolute Gasteiger partial charge is 0.508 e. The fourth-order valence-corrected chi connectivity index (χ4v) is 3.97. The van der Waals surface area contributed by atoms with Gasteiger partial charge in [-0.1, -0.05) is 12.8 Å². The number of piperidine rings is 1. The van der Waals surface area contributed by atoms with Gasteiger partial charge in [-0.25, -0.2) is 0 Å². The number of likely N-dealkylation sites (tertiary alicyclic amines) is 1. The van der Waals surface area contributed by atoms with Crippen molar-refractivity contribution in [2.24, 2.45) is 5.92 Å². The molecule has 0 radical (unpaired) electrons. The van der Waals surface area contributed by atoms with E-state index >= 15 is 0 Å². The number of phenolic OH excluding ortho intramolecular Hbond substituents is 1. The lowest BCUT2D eigenvalue weighted by Crippen LogP contribution is -2.52. The molecular formula is C18H27NO3. The second-order valence-corrected chi connectivity index (χ2v) is 6.75. The highest BCUT2D eigenvalue weighted by Gasteiger charge is 2.42. The molecule has 2 aliphatic rings. The van der Waals surface area contributed by atoms with Gasteiger partial charge >= 0.3 is 0 Å². The number of hydrogen-bond acceptors (Lipinski definition) is 4. The molecule has 1 heterocycles. The molecule has 122 valence electrons. The minimum Gasteiger partial charge on any atom is -0.508 e. The molecule has 0 spiro atoms. The molecule has 0 aromatic heterocycles. The van der Waals surface area contributed by atoms with Gasteiger partial charge < -0.3 is 14.9 Å². The molecular weight excluding hydrogens is 278 g/mol. The van der Waals surface area contributed by atoms with Crippen LogP contribution in [0.15, 0.2) is 18.2 Å². The molecule has 22 heavy (non-hydrogen) atoms. The van der Waals surface area contributed by atoms with Crippen LogP contribution in [-0.2, 0) is 6.54 Å². The van der Waals surface area contributed by atoms with Crippen molar-refractivity contribution in [1.82, 2.24) is 4.90 Å². The molecule has 1 aliphatic heterocycles. The van der Waals surface area contributed by atoms with Crippen molar-refractivity contribution >= 4 is 0 Å². The quantitative estimate of drug-likeness (QED) is 0.898. The minimum absolute atomic E-state index is 0.327. The Balaban J connectivity index is 1.67. The Kier molecular flexibility index (Phi) is 4.59. The van der Waals surface area contributed by atoms with Crippen LogP contribution >= 0.6 is 0 Å². The molecule has 1 aromatic rings. The van der Waals surface area contributed by atoms with Crippen LogP contribution in [0.25, 0.3) is 0 Å². The SMILES string of the molecule is CCOc1ccc(O)c(CN2CCC3(O)CCCCC3C2)c1. The topological polar surface area (TPSA) is 52.9 Å². The van der Waals surface area contributed by atoms with Crippen LogP contribution in [0.3, 0.4) is 0 Å². The van der Waals surface area contributed by atoms with Gasteiger partial charge in [-0.15, -0.1) is 0 Å². The molecule has 1 saturated carbocycles. The molecule has 2 atom stereocenters. The van der Waals surface area contributed by atoms with Crippen LogP contribution in [0.5, 0.6) is 11.5 Å². The number of phenols is 1. The third-order valence-corrected chi connectivity index (χ3v) is 5.27. The lowest BCUT2D eigenvalue weighted by molar-refractivity contribution is -0.0968. The zero-order chi connectivity index (χ0) is 15.6. The van der Waals surface area contributed by atoms with Gasteiger partial charge in [0.15, 0.2) is 0 Å². The van der Waals surface area contributed by atoms with Gasteiger partial charge in [-0.3, -0.25) is 4.90 Å². The summed E-state index contributed by atoms with van der Waals surface area (Å²) in [6, 6.07) is 5.44. The Morgan fingerprint density at radius 2 is 2.18 bits per heavy atom. The number of rotatable bonds is 4. The Labute approximate surface area is 132 Å². The Hall–Kier alpha value is -1.26. The van der Waals surface area contributed by atoms with E-state index < -0.39 is 5.60 Å². The maximum absolute atomic E-state index is 10.7. The van der Waals surface area contributed by atoms with Crippen molar-refractivity contribution in [3.8, 4) is 11.5 Å². The second-order valence-electron chi connectivity index (χ2n) is 6.75. The van der Waals surface area contributed by atoms with Crippen LogP contribution in [0, 0.1) is 5.92 Å². The number of aromatic hydroxyl groups is 1. The van der Waals surface area contributed by atoms with E-state index in [2.05, 4.69) is 4.90 Å². The number of hydrogen-bond donors (Lipinski definition) is 2. The lowest BCUT2D eigenvalue weighted by Gasteiger charge is -2.47. The number of ether oxygens (including phenoxy) is 1. The molecule has 1 aromatic carbocycles. The monoisotopic (exact) mass is 305 g/mol. The van der Waals surface area contributed by atoms with E-state index in [9.17, 15) is 10.2 Å². The minimum atomic E-state index is -0.441. The summed E-state index contributed by atoms with van der Waals surface area (Å²) in [5.41, 5.74) is 0.469. The predicted octanol–water partition coefficient (Wildman–Crippen LogP) is 2.92. The molecule has 4 heteroatoms. The van der Waals surface area contributed by atoms with Crippen LogP contribution in [0.1, 0.15) is 44.6 Å². The summed E-state index contributed by atoms with van der Waals surface area (Å²) >= 11 is 0. The molecule has 0 bridgehead atoms. The summed E-state index contributed by atoms with van der Waals surface area (Å²) in [6.07, 6.45) is 5.31. The molecule has 3 rings (SSSR count). The third-order valence-electron chi connectivity index (χ3n) is 5.27. The first kappa shape index (κ1) is 15.6. The maximum atomic E-state index is 10.7. The van der Waals surface area contributed by atoms with Crippen molar-refractivity contribution in [3.63, 3.8) is 0 Å². The first-order chi connectivity index (χ1) is 10.6. The van der Waals surface area contributed by atoms with E-state index in [0.29, 0.717) is 18.3 Å². The third kappa shape index (κ3) is 3.23. The lowest BCUT2D eigenvalue weighted by atomic mass is 9.71. The molecule has 2 fully saturated rings. The fourth-order valence-electron chi connectivity index (χ4n) is 3.97. The Bertz CT molecular complexity index is 519. The number of aliphatic hydroxyl groups is 1. The average molecular weight is 305 g/mol. The van der Waals surface area contributed by atoms with Gasteiger partial charge in [0.1, 0.15) is 11.5 Å². The van der Waals surface area contributed by atoms with E-state index in [1.165, 1.54) is 6.42 Å². The highest BCUT2D eigenvalue weighted by atomic mass is 16.5. The molecule has 2 N–H and O–H groups in total. The Morgan fingerprint density at radius 3 is 3.00 bits per heavy atom. The van der Waals surface area contributed by atoms with Gasteiger partial charge in [0.05, 0.1) is 12.2 Å². The van der Waals surface area contributed by atoms with Gasteiger partial charge in [-0.05, 0) is 44.4 Å². The summed E-state index contributed by atoms with van der Waals surface area (Å²) < 4.78 is 5.52. The summed E-state index contributed by atoms with van der Waals surface area (Å²) in [7, 11) is 0. The zero-order valence-electron chi connectivity index (χ0n) is 13.4. The van der Waals surface area contributed by atoms with Crippen molar-refractivity contribution in [2.45, 2.75) is 51.2 Å². The normalized spacial score (nSPS) is 29.1. The van der Waals surface area contributed by atoms with Crippen molar-refractivity contribution < 1.29 is 14.9 Å². The van der Waals surface area contributed by atoms with Gasteiger partial charge in [0.2, 0.25) is 0 Å². The van der Waals surface area contributed by atoms with Crippen LogP contribution < -0.4 is 4.74 Å². The van der Waals surface area contributed by atoms with E-state index in [1.807, 2.05) is 13.0 Å².